The zero-order valence-corrected chi connectivity index (χ0v) is 11.5. The molecule has 0 aromatic rings. The van der Waals surface area contributed by atoms with Crippen molar-refractivity contribution >= 4 is 5.91 Å². The van der Waals surface area contributed by atoms with Crippen molar-refractivity contribution in [3.8, 4) is 0 Å². The molecule has 0 radical (unpaired) electrons. The fraction of sp³-hybridized carbons (Fsp3) is 0.800. The van der Waals surface area contributed by atoms with Crippen molar-refractivity contribution in [2.75, 3.05) is 19.6 Å². The van der Waals surface area contributed by atoms with Crippen molar-refractivity contribution in [3.63, 3.8) is 0 Å². The van der Waals surface area contributed by atoms with Gasteiger partial charge in [0, 0.05) is 13.1 Å². The maximum atomic E-state index is 12.2. The van der Waals surface area contributed by atoms with Gasteiger partial charge in [0.15, 0.2) is 0 Å². The Kier molecular flexibility index (Phi) is 5.24. The molecule has 0 aromatic carbocycles. The van der Waals surface area contributed by atoms with Crippen molar-refractivity contribution in [1.82, 2.24) is 10.2 Å². The second-order valence-corrected chi connectivity index (χ2v) is 5.67. The van der Waals surface area contributed by atoms with Crippen LogP contribution in [0.5, 0.6) is 0 Å². The van der Waals surface area contributed by atoms with E-state index in [4.69, 9.17) is 0 Å². The average molecular weight is 250 g/mol. The van der Waals surface area contributed by atoms with Crippen molar-refractivity contribution in [3.05, 3.63) is 12.2 Å². The molecule has 1 fully saturated rings. The first kappa shape index (κ1) is 13.6. The van der Waals surface area contributed by atoms with Gasteiger partial charge < -0.3 is 10.2 Å². The van der Waals surface area contributed by atoms with E-state index in [1.165, 1.54) is 32.1 Å². The SMILES string of the molecule is C[C@H](NC[C@@H]1CC=CCC1)C(=O)N1CCCCC1. The molecule has 1 saturated heterocycles. The fourth-order valence-electron chi connectivity index (χ4n) is 2.86. The maximum Gasteiger partial charge on any atom is 0.239 e. The number of carbonyl (C=O) groups excluding carboxylic acids is 1. The Morgan fingerprint density at radius 1 is 1.33 bits per heavy atom. The largest absolute Gasteiger partial charge is 0.341 e. The topological polar surface area (TPSA) is 32.3 Å². The van der Waals surface area contributed by atoms with Crippen LogP contribution in [0, 0.1) is 5.92 Å². The van der Waals surface area contributed by atoms with Crippen LogP contribution in [0.1, 0.15) is 45.4 Å². The molecule has 2 aliphatic rings. The van der Waals surface area contributed by atoms with E-state index in [1.54, 1.807) is 0 Å². The Morgan fingerprint density at radius 2 is 2.11 bits per heavy atom. The highest BCUT2D eigenvalue weighted by Crippen LogP contribution is 2.17. The van der Waals surface area contributed by atoms with Gasteiger partial charge >= 0.3 is 0 Å². The molecule has 0 saturated carbocycles. The lowest BCUT2D eigenvalue weighted by Crippen LogP contribution is -2.47. The molecule has 3 heteroatoms. The summed E-state index contributed by atoms with van der Waals surface area (Å²) >= 11 is 0. The number of carbonyl (C=O) groups is 1. The molecule has 18 heavy (non-hydrogen) atoms. The molecule has 0 bridgehead atoms. The number of amides is 1. The summed E-state index contributed by atoms with van der Waals surface area (Å²) in [4.78, 5) is 14.2. The lowest BCUT2D eigenvalue weighted by molar-refractivity contribution is -0.133. The van der Waals surface area contributed by atoms with E-state index in [2.05, 4.69) is 17.5 Å². The van der Waals surface area contributed by atoms with Crippen LogP contribution in [0.3, 0.4) is 0 Å². The van der Waals surface area contributed by atoms with Crippen LogP contribution in [-0.2, 0) is 4.79 Å². The Morgan fingerprint density at radius 3 is 2.78 bits per heavy atom. The summed E-state index contributed by atoms with van der Waals surface area (Å²) in [5.41, 5.74) is 0. The highest BCUT2D eigenvalue weighted by atomic mass is 16.2. The van der Waals surface area contributed by atoms with Gasteiger partial charge in [-0.1, -0.05) is 12.2 Å². The Bertz CT molecular complexity index is 295. The van der Waals surface area contributed by atoms with E-state index in [0.717, 1.165) is 26.1 Å². The Balaban J connectivity index is 1.71. The van der Waals surface area contributed by atoms with Gasteiger partial charge in [-0.25, -0.2) is 0 Å². The smallest absolute Gasteiger partial charge is 0.239 e. The van der Waals surface area contributed by atoms with Crippen molar-refractivity contribution in [2.24, 2.45) is 5.92 Å². The van der Waals surface area contributed by atoms with E-state index in [1.807, 2.05) is 11.8 Å². The minimum Gasteiger partial charge on any atom is -0.341 e. The number of piperidine rings is 1. The fourth-order valence-corrected chi connectivity index (χ4v) is 2.86. The summed E-state index contributed by atoms with van der Waals surface area (Å²) in [5.74, 6) is 1.01. The molecule has 2 rings (SSSR count). The normalized spacial score (nSPS) is 26.1. The van der Waals surface area contributed by atoms with Crippen LogP contribution in [0.2, 0.25) is 0 Å². The van der Waals surface area contributed by atoms with Crippen LogP contribution < -0.4 is 5.32 Å². The van der Waals surface area contributed by atoms with E-state index < -0.39 is 0 Å². The van der Waals surface area contributed by atoms with Crippen LogP contribution >= 0.6 is 0 Å². The van der Waals surface area contributed by atoms with Crippen molar-refractivity contribution in [1.29, 1.82) is 0 Å². The van der Waals surface area contributed by atoms with E-state index in [0.29, 0.717) is 11.8 Å². The lowest BCUT2D eigenvalue weighted by Gasteiger charge is -2.30. The second-order valence-electron chi connectivity index (χ2n) is 5.67. The first-order chi connectivity index (χ1) is 8.77. The highest BCUT2D eigenvalue weighted by molar-refractivity contribution is 5.81. The van der Waals surface area contributed by atoms with E-state index in [-0.39, 0.29) is 6.04 Å². The van der Waals surface area contributed by atoms with E-state index in [9.17, 15) is 4.79 Å². The molecule has 2 atom stereocenters. The molecule has 3 nitrogen and oxygen atoms in total. The van der Waals surface area contributed by atoms with Gasteiger partial charge in [0.1, 0.15) is 0 Å². The minimum absolute atomic E-state index is 0.0194. The van der Waals surface area contributed by atoms with Gasteiger partial charge in [0.05, 0.1) is 6.04 Å². The summed E-state index contributed by atoms with van der Waals surface area (Å²) in [6.07, 6.45) is 11.8. The average Bonchev–Trinajstić information content (AvgIpc) is 2.46. The van der Waals surface area contributed by atoms with Crippen LogP contribution in [0.4, 0.5) is 0 Å². The number of nitrogens with zero attached hydrogens (tertiary/aromatic N) is 1. The van der Waals surface area contributed by atoms with Crippen LogP contribution in [0.15, 0.2) is 12.2 Å². The number of likely N-dealkylation sites (tertiary alicyclic amines) is 1. The Hall–Kier alpha value is -0.830. The maximum absolute atomic E-state index is 12.2. The molecule has 1 aliphatic carbocycles. The molecule has 1 heterocycles. The van der Waals surface area contributed by atoms with Gasteiger partial charge in [0.2, 0.25) is 5.91 Å². The quantitative estimate of drug-likeness (QED) is 0.777. The third-order valence-electron chi connectivity index (χ3n) is 4.13. The number of hydrogen-bond acceptors (Lipinski definition) is 2. The standard InChI is InChI=1S/C15H26N2O/c1-13(15(18)17-10-6-3-7-11-17)16-12-14-8-4-2-5-9-14/h2,4,13-14,16H,3,5-12H2,1H3/t13-,14+/m0/s1. The molecular formula is C15H26N2O. The third kappa shape index (κ3) is 3.84. The monoisotopic (exact) mass is 250 g/mol. The molecule has 1 N–H and O–H groups in total. The first-order valence-corrected chi connectivity index (χ1v) is 7.44. The second kappa shape index (κ2) is 6.93. The summed E-state index contributed by atoms with van der Waals surface area (Å²) in [5, 5.41) is 3.42. The molecule has 0 unspecified atom stereocenters. The summed E-state index contributed by atoms with van der Waals surface area (Å²) in [7, 11) is 0. The molecule has 1 amide bonds. The molecule has 0 aromatic heterocycles. The lowest BCUT2D eigenvalue weighted by atomic mass is 9.94. The predicted octanol–water partition coefficient (Wildman–Crippen LogP) is 2.33. The Labute approximate surface area is 111 Å². The summed E-state index contributed by atoms with van der Waals surface area (Å²) in [6.45, 7) is 4.90. The third-order valence-corrected chi connectivity index (χ3v) is 4.13. The van der Waals surface area contributed by atoms with Gasteiger partial charge in [-0.2, -0.15) is 0 Å². The highest BCUT2D eigenvalue weighted by Gasteiger charge is 2.22. The summed E-state index contributed by atoms with van der Waals surface area (Å²) in [6, 6.07) is -0.0194. The number of allylic oxidation sites excluding steroid dienone is 2. The molecule has 1 aliphatic heterocycles. The van der Waals surface area contributed by atoms with Gasteiger partial charge in [-0.15, -0.1) is 0 Å². The zero-order chi connectivity index (χ0) is 12.8. The number of rotatable bonds is 4. The van der Waals surface area contributed by atoms with Crippen LogP contribution in [-0.4, -0.2) is 36.5 Å². The summed E-state index contributed by atoms with van der Waals surface area (Å²) < 4.78 is 0. The van der Waals surface area contributed by atoms with Gasteiger partial charge in [-0.05, 0) is 57.9 Å². The van der Waals surface area contributed by atoms with Gasteiger partial charge in [0.25, 0.3) is 0 Å². The van der Waals surface area contributed by atoms with E-state index >= 15 is 0 Å². The molecular weight excluding hydrogens is 224 g/mol. The predicted molar refractivity (Wildman–Crippen MR) is 74.4 cm³/mol. The van der Waals surface area contributed by atoms with Crippen molar-refractivity contribution < 1.29 is 4.79 Å². The minimum atomic E-state index is -0.0194. The molecule has 102 valence electrons. The zero-order valence-electron chi connectivity index (χ0n) is 11.5. The van der Waals surface area contributed by atoms with Crippen LogP contribution in [0.25, 0.3) is 0 Å². The van der Waals surface area contributed by atoms with Crippen molar-refractivity contribution in [2.45, 2.75) is 51.5 Å². The van der Waals surface area contributed by atoms with Gasteiger partial charge in [-0.3, -0.25) is 4.79 Å². The number of hydrogen-bond donors (Lipinski definition) is 1. The molecule has 0 spiro atoms. The first-order valence-electron chi connectivity index (χ1n) is 7.44. The number of nitrogens with one attached hydrogen (secondary N) is 1.